The van der Waals surface area contributed by atoms with Gasteiger partial charge in [-0.15, -0.1) is 0 Å². The van der Waals surface area contributed by atoms with Crippen LogP contribution in [0.25, 0.3) is 0 Å². The molecule has 0 aromatic heterocycles. The normalized spacial score (nSPS) is 14.6. The number of carbonyl (C=O) groups excluding carboxylic acids is 2. The van der Waals surface area contributed by atoms with Gasteiger partial charge >= 0.3 is 0 Å². The van der Waals surface area contributed by atoms with Crippen LogP contribution in [-0.4, -0.2) is 50.0 Å². The summed E-state index contributed by atoms with van der Waals surface area (Å²) in [5, 5.41) is 3.89. The fourth-order valence-corrected chi connectivity index (χ4v) is 7.01. The Hall–Kier alpha value is -3.07. The zero-order valence-corrected chi connectivity index (χ0v) is 27.2. The number of hydrogen-bond acceptors (Lipinski definition) is 4. The van der Waals surface area contributed by atoms with E-state index >= 15 is 0 Å². The molecule has 7 nitrogen and oxygen atoms in total. The first kappa shape index (κ1) is 32.8. The molecule has 1 N–H and O–H groups in total. The van der Waals surface area contributed by atoms with Gasteiger partial charge < -0.3 is 10.2 Å². The minimum atomic E-state index is -3.86. The Bertz CT molecular complexity index is 1500. The molecule has 3 aromatic carbocycles. The summed E-state index contributed by atoms with van der Waals surface area (Å²) >= 11 is 13.1. The molecule has 0 bridgehead atoms. The minimum Gasteiger partial charge on any atom is -0.352 e. The van der Waals surface area contributed by atoms with Gasteiger partial charge in [-0.1, -0.05) is 84.9 Å². The van der Waals surface area contributed by atoms with Crippen LogP contribution in [0.5, 0.6) is 0 Å². The van der Waals surface area contributed by atoms with Gasteiger partial charge in [-0.3, -0.25) is 13.9 Å². The zero-order valence-electron chi connectivity index (χ0n) is 24.9. The maximum atomic E-state index is 14.4. The number of rotatable bonds is 11. The van der Waals surface area contributed by atoms with Crippen LogP contribution in [0.2, 0.25) is 10.0 Å². The van der Waals surface area contributed by atoms with Gasteiger partial charge in [0.05, 0.1) is 11.9 Å². The fourth-order valence-electron chi connectivity index (χ4n) is 5.66. The Morgan fingerprint density at radius 3 is 2.09 bits per heavy atom. The third kappa shape index (κ3) is 8.97. The Labute approximate surface area is 265 Å². The quantitative estimate of drug-likeness (QED) is 0.260. The van der Waals surface area contributed by atoms with Crippen molar-refractivity contribution in [2.75, 3.05) is 17.1 Å². The van der Waals surface area contributed by atoms with Crippen molar-refractivity contribution in [1.82, 2.24) is 10.2 Å². The third-order valence-electron chi connectivity index (χ3n) is 7.79. The molecule has 4 rings (SSSR count). The third-order valence-corrected chi connectivity index (χ3v) is 9.64. The van der Waals surface area contributed by atoms with Crippen LogP contribution in [0.4, 0.5) is 5.69 Å². The summed E-state index contributed by atoms with van der Waals surface area (Å²) in [5.74, 6) is -0.829. The van der Waals surface area contributed by atoms with E-state index in [0.29, 0.717) is 21.3 Å². The lowest BCUT2D eigenvalue weighted by Gasteiger charge is -2.35. The van der Waals surface area contributed by atoms with Crippen LogP contribution in [0, 0.1) is 13.8 Å². The molecule has 0 saturated heterocycles. The minimum absolute atomic E-state index is 0.0168. The highest BCUT2D eigenvalue weighted by Gasteiger charge is 2.34. The zero-order chi connectivity index (χ0) is 31.1. The molecule has 43 heavy (non-hydrogen) atoms. The van der Waals surface area contributed by atoms with Crippen molar-refractivity contribution in [1.29, 1.82) is 0 Å². The van der Waals surface area contributed by atoms with Gasteiger partial charge in [0.15, 0.2) is 0 Å². The molecule has 0 radical (unpaired) electrons. The first-order chi connectivity index (χ1) is 20.4. The Balaban J connectivity index is 1.77. The molecular formula is C33H39Cl2N3O4S. The molecule has 0 heterocycles. The maximum absolute atomic E-state index is 14.4. The van der Waals surface area contributed by atoms with Crippen LogP contribution in [0.3, 0.4) is 0 Å². The van der Waals surface area contributed by atoms with Gasteiger partial charge in [-0.2, -0.15) is 0 Å². The highest BCUT2D eigenvalue weighted by molar-refractivity contribution is 7.92. The van der Waals surface area contributed by atoms with Crippen LogP contribution < -0.4 is 9.62 Å². The number of halogens is 2. The molecule has 3 aromatic rings. The topological polar surface area (TPSA) is 86.8 Å². The first-order valence-electron chi connectivity index (χ1n) is 14.5. The summed E-state index contributed by atoms with van der Waals surface area (Å²) in [7, 11) is -3.86. The van der Waals surface area contributed by atoms with E-state index in [1.807, 2.05) is 50.2 Å². The Morgan fingerprint density at radius 1 is 0.907 bits per heavy atom. The molecule has 230 valence electrons. The van der Waals surface area contributed by atoms with Crippen molar-refractivity contribution in [3.8, 4) is 0 Å². The Morgan fingerprint density at radius 2 is 1.51 bits per heavy atom. The number of nitrogens with one attached hydrogen (secondary N) is 1. The monoisotopic (exact) mass is 643 g/mol. The van der Waals surface area contributed by atoms with Crippen molar-refractivity contribution in [2.45, 2.75) is 71.0 Å². The van der Waals surface area contributed by atoms with E-state index in [4.69, 9.17) is 23.2 Å². The average molecular weight is 645 g/mol. The van der Waals surface area contributed by atoms with E-state index in [-0.39, 0.29) is 24.9 Å². The number of nitrogens with zero attached hydrogens (tertiary/aromatic N) is 2. The first-order valence-corrected chi connectivity index (χ1v) is 17.2. The number of amides is 2. The van der Waals surface area contributed by atoms with Gasteiger partial charge in [0, 0.05) is 34.6 Å². The molecule has 10 heteroatoms. The van der Waals surface area contributed by atoms with E-state index in [1.54, 1.807) is 30.3 Å². The molecule has 1 saturated carbocycles. The van der Waals surface area contributed by atoms with Gasteiger partial charge in [-0.05, 0) is 67.6 Å². The molecule has 0 unspecified atom stereocenters. The van der Waals surface area contributed by atoms with Gasteiger partial charge in [0.1, 0.15) is 12.6 Å². The Kier molecular flexibility index (Phi) is 11.2. The van der Waals surface area contributed by atoms with Crippen molar-refractivity contribution < 1.29 is 18.0 Å². The van der Waals surface area contributed by atoms with E-state index in [9.17, 15) is 18.0 Å². The number of anilines is 1. The maximum Gasteiger partial charge on any atom is 0.244 e. The molecule has 1 aliphatic carbocycles. The number of sulfonamides is 1. The summed E-state index contributed by atoms with van der Waals surface area (Å²) in [6.45, 7) is 3.18. The number of benzene rings is 3. The van der Waals surface area contributed by atoms with E-state index < -0.39 is 28.5 Å². The van der Waals surface area contributed by atoms with E-state index in [0.717, 1.165) is 59.4 Å². The van der Waals surface area contributed by atoms with Gasteiger partial charge in [0.2, 0.25) is 21.8 Å². The standard InChI is InChI=1S/C33H39Cl2N3O4S/c1-23-17-24(2)19-27(18-23)38(43(3,41)42)22-32(39)37(21-28-29(34)15-10-16-30(28)35)31(20-25-11-6-4-7-12-25)33(40)36-26-13-8-5-9-14-26/h4,6-7,10-12,15-19,26,31H,5,8-9,13-14,20-22H2,1-3H3,(H,36,40)/t31-/m1/s1. The number of hydrogen-bond donors (Lipinski definition) is 1. The molecular weight excluding hydrogens is 605 g/mol. The summed E-state index contributed by atoms with van der Waals surface area (Å²) in [5.41, 5.74) is 3.47. The molecule has 1 aliphatic rings. The summed E-state index contributed by atoms with van der Waals surface area (Å²) in [6, 6.07) is 19.0. The second kappa shape index (κ2) is 14.6. The fraction of sp³-hybridized carbons (Fsp3) is 0.394. The van der Waals surface area contributed by atoms with Crippen molar-refractivity contribution in [3.05, 3.63) is 99.0 Å². The van der Waals surface area contributed by atoms with Crippen molar-refractivity contribution in [2.24, 2.45) is 0 Å². The van der Waals surface area contributed by atoms with Crippen molar-refractivity contribution >= 4 is 50.7 Å². The number of aryl methyl sites for hydroxylation is 2. The van der Waals surface area contributed by atoms with Crippen LogP contribution >= 0.6 is 23.2 Å². The summed E-state index contributed by atoms with van der Waals surface area (Å²) in [6.07, 6.45) is 6.26. The largest absolute Gasteiger partial charge is 0.352 e. The smallest absolute Gasteiger partial charge is 0.244 e. The molecule has 1 fully saturated rings. The highest BCUT2D eigenvalue weighted by Crippen LogP contribution is 2.29. The van der Waals surface area contributed by atoms with E-state index in [2.05, 4.69) is 5.32 Å². The summed E-state index contributed by atoms with van der Waals surface area (Å²) < 4.78 is 27.2. The lowest BCUT2D eigenvalue weighted by atomic mass is 9.94. The van der Waals surface area contributed by atoms with Crippen molar-refractivity contribution in [3.63, 3.8) is 0 Å². The average Bonchev–Trinajstić information content (AvgIpc) is 2.94. The van der Waals surface area contributed by atoms with Crippen LogP contribution in [0.15, 0.2) is 66.7 Å². The van der Waals surface area contributed by atoms with Crippen LogP contribution in [0.1, 0.15) is 54.4 Å². The molecule has 0 aliphatic heterocycles. The SMILES string of the molecule is Cc1cc(C)cc(N(CC(=O)N(Cc2c(Cl)cccc2Cl)[C@H](Cc2ccccc2)C(=O)NC2CCCCC2)S(C)(=O)=O)c1. The predicted molar refractivity (Wildman–Crippen MR) is 174 cm³/mol. The molecule has 2 amide bonds. The van der Waals surface area contributed by atoms with Crippen LogP contribution in [-0.2, 0) is 32.6 Å². The second-order valence-corrected chi connectivity index (χ2v) is 14.1. The molecule has 1 atom stereocenters. The lowest BCUT2D eigenvalue weighted by Crippen LogP contribution is -2.55. The second-order valence-electron chi connectivity index (χ2n) is 11.4. The van der Waals surface area contributed by atoms with Gasteiger partial charge in [0.25, 0.3) is 0 Å². The lowest BCUT2D eigenvalue weighted by molar-refractivity contribution is -0.140. The van der Waals surface area contributed by atoms with E-state index in [1.165, 1.54) is 4.90 Å². The summed E-state index contributed by atoms with van der Waals surface area (Å²) in [4.78, 5) is 29.8. The predicted octanol–water partition coefficient (Wildman–Crippen LogP) is 6.47. The van der Waals surface area contributed by atoms with Gasteiger partial charge in [-0.25, -0.2) is 8.42 Å². The highest BCUT2D eigenvalue weighted by atomic mass is 35.5. The number of carbonyl (C=O) groups is 2. The molecule has 0 spiro atoms.